The fourth-order valence-corrected chi connectivity index (χ4v) is 2.49. The number of hydrogen-bond donors (Lipinski definition) is 3. The molecule has 1 amide bonds. The van der Waals surface area contributed by atoms with Gasteiger partial charge in [-0.25, -0.2) is 5.43 Å². The molecule has 0 heterocycles. The quantitative estimate of drug-likeness (QED) is 0.465. The first-order valence-corrected chi connectivity index (χ1v) is 8.63. The number of nitrogens with one attached hydrogen (secondary N) is 2. The highest BCUT2D eigenvalue weighted by Crippen LogP contribution is 2.34. The number of carbonyl (C=O) groups excluding carboxylic acids is 1. The molecule has 0 saturated carbocycles. The Labute approximate surface area is 159 Å². The minimum atomic E-state index is -0.297. The molecule has 2 aromatic carbocycles. The number of anilines is 1. The maximum atomic E-state index is 11.8. The van der Waals surface area contributed by atoms with E-state index in [1.54, 1.807) is 36.4 Å². The maximum Gasteiger partial charge on any atom is 0.259 e. The average Bonchev–Trinajstić information content (AvgIpc) is 2.59. The lowest BCUT2D eigenvalue weighted by molar-refractivity contribution is -0.119. The lowest BCUT2D eigenvalue weighted by Crippen LogP contribution is -2.25. The van der Waals surface area contributed by atoms with Gasteiger partial charge in [0.1, 0.15) is 0 Å². The number of halogens is 2. The molecule has 0 unspecified atom stereocenters. The van der Waals surface area contributed by atoms with Crippen molar-refractivity contribution < 1.29 is 14.6 Å². The average molecular weight is 427 g/mol. The molecule has 0 spiro atoms. The third kappa shape index (κ3) is 5.95. The molecule has 0 bridgehead atoms. The van der Waals surface area contributed by atoms with Gasteiger partial charge in [-0.05, 0) is 64.8 Å². The van der Waals surface area contributed by atoms with Crippen molar-refractivity contribution in [2.24, 2.45) is 5.10 Å². The second kappa shape index (κ2) is 9.29. The first-order chi connectivity index (χ1) is 12.0. The Morgan fingerprint density at radius 1 is 1.36 bits per heavy atom. The van der Waals surface area contributed by atoms with E-state index in [0.717, 1.165) is 5.69 Å². The van der Waals surface area contributed by atoms with Crippen LogP contribution in [0.1, 0.15) is 12.5 Å². The molecule has 0 aliphatic carbocycles. The molecule has 0 aliphatic rings. The van der Waals surface area contributed by atoms with Gasteiger partial charge in [0.25, 0.3) is 5.91 Å². The van der Waals surface area contributed by atoms with Gasteiger partial charge in [0.2, 0.25) is 0 Å². The molecule has 0 aromatic heterocycles. The fraction of sp³-hybridized carbons (Fsp3) is 0.176. The SMILES string of the molecule is CCOc1cc(/C=N\NC(=O)CNc2ccc(Cl)cc2)cc(Br)c1O. The number of phenolic OH excluding ortho intramolecular Hbond substituents is 1. The van der Waals surface area contributed by atoms with Crippen LogP contribution in [0.5, 0.6) is 11.5 Å². The van der Waals surface area contributed by atoms with Crippen LogP contribution in [0, 0.1) is 0 Å². The van der Waals surface area contributed by atoms with Crippen molar-refractivity contribution >= 4 is 45.3 Å². The topological polar surface area (TPSA) is 83.0 Å². The lowest BCUT2D eigenvalue weighted by Gasteiger charge is -2.08. The maximum absolute atomic E-state index is 11.8. The van der Waals surface area contributed by atoms with Crippen molar-refractivity contribution in [1.29, 1.82) is 0 Å². The van der Waals surface area contributed by atoms with Crippen LogP contribution in [0.15, 0.2) is 46.0 Å². The van der Waals surface area contributed by atoms with E-state index in [9.17, 15) is 9.90 Å². The summed E-state index contributed by atoms with van der Waals surface area (Å²) in [5.74, 6) is 0.0679. The summed E-state index contributed by atoms with van der Waals surface area (Å²) in [6, 6.07) is 10.3. The van der Waals surface area contributed by atoms with E-state index in [2.05, 4.69) is 31.8 Å². The Balaban J connectivity index is 1.89. The highest BCUT2D eigenvalue weighted by Gasteiger charge is 2.08. The van der Waals surface area contributed by atoms with Crippen molar-refractivity contribution in [2.45, 2.75) is 6.92 Å². The second-order valence-electron chi connectivity index (χ2n) is 4.94. The van der Waals surface area contributed by atoms with E-state index in [-0.39, 0.29) is 18.2 Å². The van der Waals surface area contributed by atoms with Crippen LogP contribution in [0.25, 0.3) is 0 Å². The lowest BCUT2D eigenvalue weighted by atomic mass is 10.2. The molecule has 0 saturated heterocycles. The molecule has 6 nitrogen and oxygen atoms in total. The highest BCUT2D eigenvalue weighted by atomic mass is 79.9. The van der Waals surface area contributed by atoms with Crippen molar-refractivity contribution in [2.75, 3.05) is 18.5 Å². The highest BCUT2D eigenvalue weighted by molar-refractivity contribution is 9.10. The minimum Gasteiger partial charge on any atom is -0.503 e. The van der Waals surface area contributed by atoms with Crippen molar-refractivity contribution in [3.8, 4) is 11.5 Å². The zero-order valence-corrected chi connectivity index (χ0v) is 15.8. The molecule has 2 rings (SSSR count). The molecule has 0 aliphatic heterocycles. The van der Waals surface area contributed by atoms with Crippen molar-refractivity contribution in [3.63, 3.8) is 0 Å². The number of ether oxygens (including phenoxy) is 1. The van der Waals surface area contributed by atoms with Crippen LogP contribution < -0.4 is 15.5 Å². The number of carbonyl (C=O) groups is 1. The second-order valence-corrected chi connectivity index (χ2v) is 6.23. The van der Waals surface area contributed by atoms with Crippen LogP contribution >= 0.6 is 27.5 Å². The molecule has 0 atom stereocenters. The van der Waals surface area contributed by atoms with Gasteiger partial charge < -0.3 is 15.2 Å². The Hall–Kier alpha value is -2.25. The van der Waals surface area contributed by atoms with Crippen molar-refractivity contribution in [1.82, 2.24) is 5.43 Å². The molecule has 2 aromatic rings. The van der Waals surface area contributed by atoms with Gasteiger partial charge in [-0.3, -0.25) is 4.79 Å². The number of hydrogen-bond acceptors (Lipinski definition) is 5. The number of phenols is 1. The molecular formula is C17H17BrClN3O3. The van der Waals surface area contributed by atoms with E-state index in [0.29, 0.717) is 27.4 Å². The van der Waals surface area contributed by atoms with E-state index >= 15 is 0 Å². The molecule has 0 radical (unpaired) electrons. The zero-order chi connectivity index (χ0) is 18.2. The van der Waals surface area contributed by atoms with Crippen LogP contribution in [0.3, 0.4) is 0 Å². The first kappa shape index (κ1) is 19.1. The number of hydrazone groups is 1. The number of nitrogens with zero attached hydrogens (tertiary/aromatic N) is 1. The summed E-state index contributed by atoms with van der Waals surface area (Å²) in [4.78, 5) is 11.8. The summed E-state index contributed by atoms with van der Waals surface area (Å²) >= 11 is 9.04. The molecule has 25 heavy (non-hydrogen) atoms. The normalized spacial score (nSPS) is 10.7. The van der Waals surface area contributed by atoms with Crippen LogP contribution in [-0.2, 0) is 4.79 Å². The smallest absolute Gasteiger partial charge is 0.259 e. The first-order valence-electron chi connectivity index (χ1n) is 7.46. The summed E-state index contributed by atoms with van der Waals surface area (Å²) in [5, 5.41) is 17.3. The number of amides is 1. The Morgan fingerprint density at radius 3 is 2.76 bits per heavy atom. The fourth-order valence-electron chi connectivity index (χ4n) is 1.90. The molecule has 132 valence electrons. The molecule has 0 fully saturated rings. The van der Waals surface area contributed by atoms with Gasteiger partial charge in [0.15, 0.2) is 11.5 Å². The number of aromatic hydroxyl groups is 1. The van der Waals surface area contributed by atoms with E-state index in [1.165, 1.54) is 6.21 Å². The predicted molar refractivity (Wildman–Crippen MR) is 103 cm³/mol. The largest absolute Gasteiger partial charge is 0.503 e. The Bertz CT molecular complexity index is 766. The van der Waals surface area contributed by atoms with Crippen LogP contribution in [0.4, 0.5) is 5.69 Å². The van der Waals surface area contributed by atoms with E-state index in [1.807, 2.05) is 6.92 Å². The number of benzene rings is 2. The minimum absolute atomic E-state index is 0.0233. The zero-order valence-electron chi connectivity index (χ0n) is 13.4. The predicted octanol–water partition coefficient (Wildman–Crippen LogP) is 3.77. The van der Waals surface area contributed by atoms with Crippen LogP contribution in [-0.4, -0.2) is 30.4 Å². The standard InChI is InChI=1S/C17H17BrClN3O3/c1-2-25-15-8-11(7-14(18)17(15)24)9-21-22-16(23)10-20-13-5-3-12(19)4-6-13/h3-9,20,24H,2,10H2,1H3,(H,22,23)/b21-9-. The third-order valence-corrected chi connectivity index (χ3v) is 3.91. The van der Waals surface area contributed by atoms with Gasteiger partial charge in [-0.2, -0.15) is 5.10 Å². The van der Waals surface area contributed by atoms with Crippen molar-refractivity contribution in [3.05, 3.63) is 51.5 Å². The summed E-state index contributed by atoms with van der Waals surface area (Å²) in [7, 11) is 0. The van der Waals surface area contributed by atoms with Gasteiger partial charge in [0.05, 0.1) is 23.8 Å². The van der Waals surface area contributed by atoms with Gasteiger partial charge in [-0.1, -0.05) is 11.6 Å². The Morgan fingerprint density at radius 2 is 2.08 bits per heavy atom. The van der Waals surface area contributed by atoms with Gasteiger partial charge in [0, 0.05) is 10.7 Å². The molecular weight excluding hydrogens is 410 g/mol. The summed E-state index contributed by atoms with van der Waals surface area (Å²) < 4.78 is 5.82. The van der Waals surface area contributed by atoms with Crippen LogP contribution in [0.2, 0.25) is 5.02 Å². The van der Waals surface area contributed by atoms with Gasteiger partial charge in [-0.15, -0.1) is 0 Å². The summed E-state index contributed by atoms with van der Waals surface area (Å²) in [6.45, 7) is 2.32. The van der Waals surface area contributed by atoms with E-state index < -0.39 is 0 Å². The van der Waals surface area contributed by atoms with E-state index in [4.69, 9.17) is 16.3 Å². The van der Waals surface area contributed by atoms with Gasteiger partial charge >= 0.3 is 0 Å². The summed E-state index contributed by atoms with van der Waals surface area (Å²) in [6.07, 6.45) is 1.47. The molecule has 8 heteroatoms. The Kier molecular flexibility index (Phi) is 7.09. The molecule has 3 N–H and O–H groups in total. The third-order valence-electron chi connectivity index (χ3n) is 3.05. The monoisotopic (exact) mass is 425 g/mol. The summed E-state index contributed by atoms with van der Waals surface area (Å²) in [5.41, 5.74) is 3.87. The number of rotatable bonds is 7.